The maximum absolute atomic E-state index is 12.6. The Labute approximate surface area is 142 Å². The summed E-state index contributed by atoms with van der Waals surface area (Å²) in [6.07, 6.45) is 6.85. The van der Waals surface area contributed by atoms with E-state index in [9.17, 15) is 8.78 Å². The fourth-order valence-electron chi connectivity index (χ4n) is 2.29. The Morgan fingerprint density at radius 2 is 1.83 bits per heavy atom. The summed E-state index contributed by atoms with van der Waals surface area (Å²) in [5.41, 5.74) is 2.81. The van der Waals surface area contributed by atoms with Crippen LogP contribution in [0.2, 0.25) is 5.02 Å². The van der Waals surface area contributed by atoms with Crippen LogP contribution in [0, 0.1) is 0 Å². The molecule has 0 aliphatic carbocycles. The van der Waals surface area contributed by atoms with Crippen LogP contribution in [0.5, 0.6) is 5.88 Å². The van der Waals surface area contributed by atoms with Gasteiger partial charge in [0.2, 0.25) is 5.88 Å². The van der Waals surface area contributed by atoms with Crippen molar-refractivity contribution in [2.45, 2.75) is 13.0 Å². The van der Waals surface area contributed by atoms with Crippen molar-refractivity contribution in [1.29, 1.82) is 0 Å². The van der Waals surface area contributed by atoms with Gasteiger partial charge in [-0.3, -0.25) is 0 Å². The molecule has 0 bridgehead atoms. The molecule has 122 valence electrons. The summed E-state index contributed by atoms with van der Waals surface area (Å²) in [6.45, 7) is -2.95. The minimum Gasteiger partial charge on any atom is -0.416 e. The van der Waals surface area contributed by atoms with Crippen molar-refractivity contribution in [3.63, 3.8) is 0 Å². The molecule has 3 aromatic rings. The monoisotopic (exact) mass is 347 g/mol. The molecule has 0 atom stereocenters. The fourth-order valence-corrected chi connectivity index (χ4v) is 2.48. The van der Waals surface area contributed by atoms with Crippen LogP contribution in [-0.4, -0.2) is 21.6 Å². The van der Waals surface area contributed by atoms with Gasteiger partial charge < -0.3 is 4.74 Å². The van der Waals surface area contributed by atoms with Gasteiger partial charge in [-0.2, -0.15) is 8.78 Å². The molecule has 0 amide bonds. The topological polar surface area (TPSA) is 47.9 Å². The summed E-state index contributed by atoms with van der Waals surface area (Å²) in [7, 11) is 0. The highest BCUT2D eigenvalue weighted by atomic mass is 35.5. The maximum Gasteiger partial charge on any atom is 0.388 e. The molecule has 4 nitrogen and oxygen atoms in total. The Kier molecular flexibility index (Phi) is 4.96. The molecule has 3 rings (SSSR count). The molecular formula is C17H12ClF2N3O. The molecule has 0 aliphatic rings. The number of rotatable bonds is 5. The quantitative estimate of drug-likeness (QED) is 0.687. The molecule has 1 aromatic carbocycles. The molecule has 24 heavy (non-hydrogen) atoms. The second-order valence-electron chi connectivity index (χ2n) is 5.01. The van der Waals surface area contributed by atoms with Gasteiger partial charge in [0.25, 0.3) is 0 Å². The first-order valence-corrected chi connectivity index (χ1v) is 7.43. The summed E-state index contributed by atoms with van der Waals surface area (Å²) < 4.78 is 29.8. The van der Waals surface area contributed by atoms with Gasteiger partial charge in [0.1, 0.15) is 6.33 Å². The van der Waals surface area contributed by atoms with Gasteiger partial charge in [-0.1, -0.05) is 23.7 Å². The third kappa shape index (κ3) is 4.02. The Bertz CT molecular complexity index is 831. The van der Waals surface area contributed by atoms with E-state index < -0.39 is 6.61 Å². The van der Waals surface area contributed by atoms with Crippen molar-refractivity contribution < 1.29 is 13.5 Å². The Hall–Kier alpha value is -2.60. The number of hydrogen-bond acceptors (Lipinski definition) is 4. The van der Waals surface area contributed by atoms with Crippen molar-refractivity contribution in [3.8, 4) is 17.0 Å². The van der Waals surface area contributed by atoms with E-state index in [1.165, 1.54) is 12.5 Å². The predicted octanol–water partition coefficient (Wildman–Crippen LogP) is 4.38. The lowest BCUT2D eigenvalue weighted by Crippen LogP contribution is -2.05. The normalized spacial score (nSPS) is 10.8. The third-order valence-corrected chi connectivity index (χ3v) is 3.50. The molecule has 0 saturated carbocycles. The zero-order chi connectivity index (χ0) is 16.9. The molecule has 0 aliphatic heterocycles. The van der Waals surface area contributed by atoms with Gasteiger partial charge in [-0.15, -0.1) is 0 Å². The lowest BCUT2D eigenvalue weighted by atomic mass is 10.0. The minimum atomic E-state index is -2.95. The highest BCUT2D eigenvalue weighted by Gasteiger charge is 2.14. The molecule has 7 heteroatoms. The molecule has 2 heterocycles. The van der Waals surface area contributed by atoms with Gasteiger partial charge in [-0.05, 0) is 34.9 Å². The van der Waals surface area contributed by atoms with Gasteiger partial charge in [0, 0.05) is 35.6 Å². The second-order valence-corrected chi connectivity index (χ2v) is 5.45. The molecular weight excluding hydrogens is 336 g/mol. The zero-order valence-corrected chi connectivity index (χ0v) is 13.1. The first-order chi connectivity index (χ1) is 11.6. The van der Waals surface area contributed by atoms with E-state index in [2.05, 4.69) is 19.7 Å². The number of alkyl halides is 2. The van der Waals surface area contributed by atoms with Crippen LogP contribution < -0.4 is 4.74 Å². The van der Waals surface area contributed by atoms with Crippen LogP contribution in [0.4, 0.5) is 8.78 Å². The summed E-state index contributed by atoms with van der Waals surface area (Å²) in [5.74, 6) is -0.139. The Morgan fingerprint density at radius 1 is 1.04 bits per heavy atom. The highest BCUT2D eigenvalue weighted by Crippen LogP contribution is 2.32. The fraction of sp³-hybridized carbons (Fsp3) is 0.118. The molecule has 0 unspecified atom stereocenters. The van der Waals surface area contributed by atoms with E-state index in [0.29, 0.717) is 22.6 Å². The van der Waals surface area contributed by atoms with E-state index in [4.69, 9.17) is 11.6 Å². The predicted molar refractivity (Wildman–Crippen MR) is 86.2 cm³/mol. The van der Waals surface area contributed by atoms with Crippen molar-refractivity contribution in [2.75, 3.05) is 0 Å². The van der Waals surface area contributed by atoms with Crippen molar-refractivity contribution >= 4 is 11.6 Å². The second kappa shape index (κ2) is 7.31. The van der Waals surface area contributed by atoms with Crippen molar-refractivity contribution in [3.05, 3.63) is 71.4 Å². The lowest BCUT2D eigenvalue weighted by molar-refractivity contribution is -0.0524. The largest absolute Gasteiger partial charge is 0.416 e. The average molecular weight is 348 g/mol. The number of nitrogens with zero attached hydrogens (tertiary/aromatic N) is 3. The van der Waals surface area contributed by atoms with Gasteiger partial charge in [0.05, 0.1) is 0 Å². The first-order valence-electron chi connectivity index (χ1n) is 7.05. The summed E-state index contributed by atoms with van der Waals surface area (Å²) in [5, 5.41) is 0.498. The highest BCUT2D eigenvalue weighted by molar-refractivity contribution is 6.30. The summed E-state index contributed by atoms with van der Waals surface area (Å²) >= 11 is 6.00. The minimum absolute atomic E-state index is 0.139. The van der Waals surface area contributed by atoms with Crippen LogP contribution >= 0.6 is 11.6 Å². The number of hydrogen-bond donors (Lipinski definition) is 0. The number of benzene rings is 1. The van der Waals surface area contributed by atoms with Crippen LogP contribution in [0.15, 0.2) is 55.2 Å². The van der Waals surface area contributed by atoms with Crippen LogP contribution in [0.3, 0.4) is 0 Å². The maximum atomic E-state index is 12.6. The van der Waals surface area contributed by atoms with E-state index in [1.807, 2.05) is 0 Å². The molecule has 2 aromatic heterocycles. The smallest absolute Gasteiger partial charge is 0.388 e. The summed E-state index contributed by atoms with van der Waals surface area (Å²) in [6, 6.07) is 8.63. The Morgan fingerprint density at radius 3 is 2.54 bits per heavy atom. The van der Waals surface area contributed by atoms with E-state index in [1.54, 1.807) is 42.7 Å². The van der Waals surface area contributed by atoms with Gasteiger partial charge >= 0.3 is 6.61 Å². The lowest BCUT2D eigenvalue weighted by Gasteiger charge is -2.12. The molecule has 0 radical (unpaired) electrons. The van der Waals surface area contributed by atoms with E-state index in [-0.39, 0.29) is 5.88 Å². The molecule has 0 fully saturated rings. The van der Waals surface area contributed by atoms with E-state index in [0.717, 1.165) is 11.1 Å². The zero-order valence-electron chi connectivity index (χ0n) is 12.4. The van der Waals surface area contributed by atoms with Gasteiger partial charge in [-0.25, -0.2) is 15.0 Å². The summed E-state index contributed by atoms with van der Waals surface area (Å²) in [4.78, 5) is 11.9. The molecule has 0 spiro atoms. The molecule has 0 N–H and O–H groups in total. The van der Waals surface area contributed by atoms with Gasteiger partial charge in [0.15, 0.2) is 0 Å². The Balaban J connectivity index is 2.00. The number of pyridine rings is 1. The first kappa shape index (κ1) is 16.3. The number of ether oxygens (including phenoxy) is 1. The third-order valence-electron chi connectivity index (χ3n) is 3.27. The van der Waals surface area contributed by atoms with E-state index >= 15 is 0 Å². The standard InChI is InChI=1S/C17H12ClF2N3O/c18-14-3-1-2-13(6-14)15-5-11(4-12-7-21-10-22-8-12)9-23-16(15)24-17(19)20/h1-3,5-10,17H,4H2. The van der Waals surface area contributed by atoms with Crippen LogP contribution in [-0.2, 0) is 6.42 Å². The van der Waals surface area contributed by atoms with Crippen LogP contribution in [0.1, 0.15) is 11.1 Å². The number of aromatic nitrogens is 3. The van der Waals surface area contributed by atoms with Crippen molar-refractivity contribution in [2.24, 2.45) is 0 Å². The molecule has 0 saturated heterocycles. The average Bonchev–Trinajstić information content (AvgIpc) is 2.57. The SMILES string of the molecule is FC(F)Oc1ncc(Cc2cncnc2)cc1-c1cccc(Cl)c1. The van der Waals surface area contributed by atoms with Crippen LogP contribution in [0.25, 0.3) is 11.1 Å². The van der Waals surface area contributed by atoms with Crippen molar-refractivity contribution in [1.82, 2.24) is 15.0 Å². The number of halogens is 3.